The number of allylic oxidation sites excluding steroid dienone is 2. The number of carbonyl (C=O) groups is 1. The van der Waals surface area contributed by atoms with Gasteiger partial charge >= 0.3 is 0 Å². The van der Waals surface area contributed by atoms with Crippen molar-refractivity contribution in [3.8, 4) is 0 Å². The van der Waals surface area contributed by atoms with Crippen molar-refractivity contribution in [2.24, 2.45) is 0 Å². The van der Waals surface area contributed by atoms with Gasteiger partial charge in [-0.05, 0) is 48.7 Å². The molecule has 2 N–H and O–H groups in total. The van der Waals surface area contributed by atoms with Crippen molar-refractivity contribution in [3.63, 3.8) is 0 Å². The molecule has 0 saturated carbocycles. The second-order valence-corrected chi connectivity index (χ2v) is 9.00. The highest BCUT2D eigenvalue weighted by Gasteiger charge is 2.41. The van der Waals surface area contributed by atoms with Crippen molar-refractivity contribution in [2.75, 3.05) is 5.32 Å². The van der Waals surface area contributed by atoms with Crippen molar-refractivity contribution >= 4 is 34.3 Å². The van der Waals surface area contributed by atoms with Crippen molar-refractivity contribution < 1.29 is 4.79 Å². The Bertz CT molecular complexity index is 1030. The summed E-state index contributed by atoms with van der Waals surface area (Å²) in [4.78, 5) is 15.8. The van der Waals surface area contributed by atoms with Crippen LogP contribution in [0.5, 0.6) is 0 Å². The third-order valence-corrected chi connectivity index (χ3v) is 7.58. The number of hydrogen-bond donors (Lipinski definition) is 2. The fourth-order valence-corrected chi connectivity index (χ4v) is 6.10. The molecular weight excluding hydrogens is 362 g/mol. The van der Waals surface area contributed by atoms with E-state index in [0.29, 0.717) is 6.42 Å². The zero-order valence-corrected chi connectivity index (χ0v) is 16.3. The van der Waals surface area contributed by atoms with Crippen molar-refractivity contribution in [3.05, 3.63) is 66.8 Å². The normalized spacial score (nSPS) is 22.2. The SMILES string of the molecule is Cc1ccsc1[C@@H]1C2=C(C[C@H](c3cccs3)CC2=O)Nc2n[nH]c(C)c21. The van der Waals surface area contributed by atoms with E-state index in [-0.39, 0.29) is 17.6 Å². The average Bonchev–Trinajstić information content (AvgIpc) is 3.35. The third-order valence-electron chi connectivity index (χ3n) is 5.46. The van der Waals surface area contributed by atoms with Crippen molar-refractivity contribution in [1.29, 1.82) is 0 Å². The van der Waals surface area contributed by atoms with E-state index in [0.717, 1.165) is 34.8 Å². The molecule has 0 spiro atoms. The largest absolute Gasteiger partial charge is 0.342 e. The summed E-state index contributed by atoms with van der Waals surface area (Å²) in [5.74, 6) is 1.40. The fourth-order valence-electron chi connectivity index (χ4n) is 4.22. The first-order valence-electron chi connectivity index (χ1n) is 8.79. The average molecular weight is 382 g/mol. The first-order valence-corrected chi connectivity index (χ1v) is 10.5. The maximum atomic E-state index is 13.3. The number of hydrogen-bond acceptors (Lipinski definition) is 5. The Balaban J connectivity index is 1.66. The molecule has 3 aromatic rings. The summed E-state index contributed by atoms with van der Waals surface area (Å²) in [6.07, 6.45) is 1.46. The maximum Gasteiger partial charge on any atom is 0.162 e. The van der Waals surface area contributed by atoms with Gasteiger partial charge in [0.05, 0.1) is 5.92 Å². The highest BCUT2D eigenvalue weighted by atomic mass is 32.1. The molecular formula is C20H19N3OS2. The molecule has 5 rings (SSSR count). The van der Waals surface area contributed by atoms with Crippen LogP contribution < -0.4 is 5.32 Å². The molecule has 26 heavy (non-hydrogen) atoms. The maximum absolute atomic E-state index is 13.3. The second-order valence-electron chi connectivity index (χ2n) is 7.07. The molecule has 0 fully saturated rings. The first kappa shape index (κ1) is 16.0. The van der Waals surface area contributed by atoms with E-state index in [4.69, 9.17) is 0 Å². The predicted octanol–water partition coefficient (Wildman–Crippen LogP) is 5.11. The van der Waals surface area contributed by atoms with Crippen molar-refractivity contribution in [1.82, 2.24) is 10.2 Å². The minimum atomic E-state index is -0.00298. The van der Waals surface area contributed by atoms with Crippen LogP contribution in [0.15, 0.2) is 40.2 Å². The molecule has 0 bridgehead atoms. The van der Waals surface area contributed by atoms with Gasteiger partial charge < -0.3 is 5.32 Å². The van der Waals surface area contributed by atoms with E-state index in [1.165, 1.54) is 15.3 Å². The number of carbonyl (C=O) groups excluding carboxylic acids is 1. The number of Topliss-reactive ketones (excluding diaryl/α,β-unsaturated/α-hetero) is 1. The van der Waals surface area contributed by atoms with Gasteiger partial charge in [0.25, 0.3) is 0 Å². The monoisotopic (exact) mass is 381 g/mol. The standard InChI is InChI=1S/C20H19N3OS2/c1-10-5-7-26-19(10)18-16-11(2)22-23-20(16)21-13-8-12(9-14(24)17(13)18)15-4-3-6-25-15/h3-7,12,18H,8-9H2,1-2H3,(H2,21,22,23)/t12-,18-/m0/s1. The van der Waals surface area contributed by atoms with Crippen LogP contribution in [-0.4, -0.2) is 16.0 Å². The van der Waals surface area contributed by atoms with Gasteiger partial charge in [-0.3, -0.25) is 9.89 Å². The Morgan fingerprint density at radius 2 is 2.04 bits per heavy atom. The number of fused-ring (bicyclic) bond motifs is 1. The number of H-pyrrole nitrogens is 1. The van der Waals surface area contributed by atoms with E-state index in [1.807, 2.05) is 6.92 Å². The Kier molecular flexibility index (Phi) is 3.65. The number of nitrogens with one attached hydrogen (secondary N) is 2. The summed E-state index contributed by atoms with van der Waals surface area (Å²) in [7, 11) is 0. The summed E-state index contributed by atoms with van der Waals surface area (Å²) in [5.41, 5.74) is 5.40. The Morgan fingerprint density at radius 1 is 1.15 bits per heavy atom. The van der Waals surface area contributed by atoms with Crippen LogP contribution in [-0.2, 0) is 4.79 Å². The number of aromatic amines is 1. The van der Waals surface area contributed by atoms with Crippen LogP contribution in [0.3, 0.4) is 0 Å². The number of aryl methyl sites for hydroxylation is 2. The molecule has 4 nitrogen and oxygen atoms in total. The summed E-state index contributed by atoms with van der Waals surface area (Å²) >= 11 is 3.47. The summed E-state index contributed by atoms with van der Waals surface area (Å²) in [6, 6.07) is 6.34. The van der Waals surface area contributed by atoms with E-state index < -0.39 is 0 Å². The van der Waals surface area contributed by atoms with E-state index in [2.05, 4.69) is 51.4 Å². The lowest BCUT2D eigenvalue weighted by molar-refractivity contribution is -0.116. The van der Waals surface area contributed by atoms with Gasteiger partial charge in [-0.25, -0.2) is 0 Å². The molecule has 4 heterocycles. The molecule has 1 aliphatic carbocycles. The molecule has 0 saturated heterocycles. The highest BCUT2D eigenvalue weighted by molar-refractivity contribution is 7.10. The lowest BCUT2D eigenvalue weighted by Gasteiger charge is -2.34. The minimum absolute atomic E-state index is 0.00298. The smallest absolute Gasteiger partial charge is 0.162 e. The van der Waals surface area contributed by atoms with Crippen molar-refractivity contribution in [2.45, 2.75) is 38.5 Å². The number of anilines is 1. The Labute approximate surface area is 160 Å². The summed E-state index contributed by atoms with van der Waals surface area (Å²) in [5, 5.41) is 15.3. The number of aromatic nitrogens is 2. The van der Waals surface area contributed by atoms with Gasteiger partial charge in [0, 0.05) is 44.6 Å². The quantitative estimate of drug-likeness (QED) is 0.649. The summed E-state index contributed by atoms with van der Waals surface area (Å²) in [6.45, 7) is 4.17. The minimum Gasteiger partial charge on any atom is -0.342 e. The topological polar surface area (TPSA) is 57.8 Å². The molecule has 0 aromatic carbocycles. The molecule has 2 aliphatic rings. The van der Waals surface area contributed by atoms with Crippen LogP contribution in [0, 0.1) is 13.8 Å². The first-order chi connectivity index (χ1) is 12.6. The highest BCUT2D eigenvalue weighted by Crippen LogP contribution is 2.50. The molecule has 0 radical (unpaired) electrons. The number of nitrogens with zero attached hydrogens (tertiary/aromatic N) is 1. The van der Waals surface area contributed by atoms with Crippen LogP contribution in [0.4, 0.5) is 5.82 Å². The second kappa shape index (κ2) is 5.93. The lowest BCUT2D eigenvalue weighted by Crippen LogP contribution is -2.29. The van der Waals surface area contributed by atoms with E-state index >= 15 is 0 Å². The zero-order valence-electron chi connectivity index (χ0n) is 14.6. The molecule has 132 valence electrons. The van der Waals surface area contributed by atoms with Gasteiger partial charge in [0.15, 0.2) is 11.6 Å². The van der Waals surface area contributed by atoms with Crippen LogP contribution >= 0.6 is 22.7 Å². The van der Waals surface area contributed by atoms with E-state index in [9.17, 15) is 4.79 Å². The lowest BCUT2D eigenvalue weighted by atomic mass is 9.75. The molecule has 2 atom stereocenters. The molecule has 3 aromatic heterocycles. The molecule has 0 unspecified atom stereocenters. The molecule has 6 heteroatoms. The Hall–Kier alpha value is -2.18. The Morgan fingerprint density at radius 3 is 2.77 bits per heavy atom. The number of rotatable bonds is 2. The number of thiophene rings is 2. The zero-order chi connectivity index (χ0) is 17.8. The third kappa shape index (κ3) is 2.32. The van der Waals surface area contributed by atoms with E-state index in [1.54, 1.807) is 22.7 Å². The molecule has 1 aliphatic heterocycles. The van der Waals surface area contributed by atoms with Crippen LogP contribution in [0.2, 0.25) is 0 Å². The van der Waals surface area contributed by atoms with Gasteiger partial charge in [0.1, 0.15) is 0 Å². The van der Waals surface area contributed by atoms with Gasteiger partial charge in [-0.15, -0.1) is 22.7 Å². The van der Waals surface area contributed by atoms with Crippen LogP contribution in [0.1, 0.15) is 51.3 Å². The predicted molar refractivity (Wildman–Crippen MR) is 106 cm³/mol. The van der Waals surface area contributed by atoms with Gasteiger partial charge in [-0.1, -0.05) is 6.07 Å². The molecule has 0 amide bonds. The van der Waals surface area contributed by atoms with Crippen LogP contribution in [0.25, 0.3) is 0 Å². The summed E-state index contributed by atoms with van der Waals surface area (Å²) < 4.78 is 0. The fraction of sp³-hybridized carbons (Fsp3) is 0.300. The van der Waals surface area contributed by atoms with Gasteiger partial charge in [0.2, 0.25) is 0 Å². The van der Waals surface area contributed by atoms with Gasteiger partial charge in [-0.2, -0.15) is 5.10 Å². The number of ketones is 1.